The Morgan fingerprint density at radius 2 is 1.46 bits per heavy atom. The Labute approximate surface area is 174 Å². The zero-order valence-electron chi connectivity index (χ0n) is 15.2. The first kappa shape index (κ1) is 20.3. The number of nitrogens with one attached hydrogen (secondary N) is 1. The summed E-state index contributed by atoms with van der Waals surface area (Å²) in [6.07, 6.45) is 0. The van der Waals surface area contributed by atoms with E-state index in [0.717, 1.165) is 18.8 Å². The van der Waals surface area contributed by atoms with Gasteiger partial charge in [0.1, 0.15) is 5.75 Å². The first-order chi connectivity index (χ1) is 13.5. The summed E-state index contributed by atoms with van der Waals surface area (Å²) in [5, 5.41) is 3.90. The van der Waals surface area contributed by atoms with Crippen molar-refractivity contribution < 1.29 is 14.3 Å². The van der Waals surface area contributed by atoms with Crippen molar-refractivity contribution in [1.29, 1.82) is 0 Å². The van der Waals surface area contributed by atoms with Crippen molar-refractivity contribution in [2.75, 3.05) is 44.2 Å². The monoisotopic (exact) mass is 421 g/mol. The van der Waals surface area contributed by atoms with Crippen molar-refractivity contribution in [3.8, 4) is 5.75 Å². The van der Waals surface area contributed by atoms with Gasteiger partial charge in [-0.3, -0.25) is 9.59 Å². The van der Waals surface area contributed by atoms with Gasteiger partial charge in [-0.25, -0.2) is 0 Å². The standard InChI is InChI=1S/C20H21Cl2N3O3/c21-15-1-5-17(6-2-15)24-9-11-25(12-10-24)20(27)13-23-19(26)14-28-18-7-3-16(22)4-8-18/h1-8H,9-14H2,(H,23,26). The number of nitrogens with zero attached hydrogens (tertiary/aromatic N) is 2. The molecule has 2 amide bonds. The van der Waals surface area contributed by atoms with Crippen molar-refractivity contribution in [2.24, 2.45) is 0 Å². The fourth-order valence-corrected chi connectivity index (χ4v) is 3.13. The Hall–Kier alpha value is -2.44. The minimum Gasteiger partial charge on any atom is -0.484 e. The predicted molar refractivity (Wildman–Crippen MR) is 110 cm³/mol. The minimum absolute atomic E-state index is 0.0379. The van der Waals surface area contributed by atoms with Crippen molar-refractivity contribution >= 4 is 40.7 Å². The first-order valence-electron chi connectivity index (χ1n) is 8.94. The van der Waals surface area contributed by atoms with Gasteiger partial charge in [0.15, 0.2) is 6.61 Å². The fraction of sp³-hybridized carbons (Fsp3) is 0.300. The fourth-order valence-electron chi connectivity index (χ4n) is 2.88. The Morgan fingerprint density at radius 1 is 0.893 bits per heavy atom. The zero-order chi connectivity index (χ0) is 19.9. The highest BCUT2D eigenvalue weighted by atomic mass is 35.5. The maximum absolute atomic E-state index is 12.3. The second-order valence-electron chi connectivity index (χ2n) is 6.36. The molecule has 1 N–H and O–H groups in total. The van der Waals surface area contributed by atoms with Crippen molar-refractivity contribution in [3.05, 3.63) is 58.6 Å². The molecule has 1 aliphatic rings. The van der Waals surface area contributed by atoms with E-state index in [9.17, 15) is 9.59 Å². The van der Waals surface area contributed by atoms with Crippen LogP contribution in [0.15, 0.2) is 48.5 Å². The molecule has 3 rings (SSSR count). The number of amides is 2. The second-order valence-corrected chi connectivity index (χ2v) is 7.24. The van der Waals surface area contributed by atoms with Crippen LogP contribution in [0.2, 0.25) is 10.0 Å². The quantitative estimate of drug-likeness (QED) is 0.778. The molecule has 0 aromatic heterocycles. The van der Waals surface area contributed by atoms with E-state index in [-0.39, 0.29) is 25.0 Å². The van der Waals surface area contributed by atoms with Crippen molar-refractivity contribution in [3.63, 3.8) is 0 Å². The van der Waals surface area contributed by atoms with Crippen molar-refractivity contribution in [2.45, 2.75) is 0 Å². The van der Waals surface area contributed by atoms with Crippen molar-refractivity contribution in [1.82, 2.24) is 10.2 Å². The van der Waals surface area contributed by atoms with Gasteiger partial charge in [0.05, 0.1) is 6.54 Å². The number of carbonyl (C=O) groups excluding carboxylic acids is 2. The van der Waals surface area contributed by atoms with Gasteiger partial charge in [-0.05, 0) is 48.5 Å². The molecule has 2 aromatic carbocycles. The molecule has 2 aromatic rings. The summed E-state index contributed by atoms with van der Waals surface area (Å²) in [4.78, 5) is 28.2. The average molecular weight is 422 g/mol. The van der Waals surface area contributed by atoms with E-state index < -0.39 is 0 Å². The van der Waals surface area contributed by atoms with E-state index in [1.54, 1.807) is 29.2 Å². The number of rotatable bonds is 6. The van der Waals surface area contributed by atoms with Gasteiger partial charge in [0.2, 0.25) is 5.91 Å². The van der Waals surface area contributed by atoms with Gasteiger partial charge in [-0.15, -0.1) is 0 Å². The van der Waals surface area contributed by atoms with Gasteiger partial charge in [-0.2, -0.15) is 0 Å². The van der Waals surface area contributed by atoms with Crippen LogP contribution in [-0.4, -0.2) is 56.0 Å². The lowest BCUT2D eigenvalue weighted by Crippen LogP contribution is -2.51. The molecule has 0 bridgehead atoms. The van der Waals surface area contributed by atoms with E-state index in [2.05, 4.69) is 10.2 Å². The first-order valence-corrected chi connectivity index (χ1v) is 9.70. The Bertz CT molecular complexity index is 804. The third kappa shape index (κ3) is 5.78. The largest absolute Gasteiger partial charge is 0.484 e. The summed E-state index contributed by atoms with van der Waals surface area (Å²) in [7, 11) is 0. The van der Waals surface area contributed by atoms with Gasteiger partial charge in [-0.1, -0.05) is 23.2 Å². The lowest BCUT2D eigenvalue weighted by atomic mass is 10.2. The molecule has 0 unspecified atom stereocenters. The number of benzene rings is 2. The molecule has 1 aliphatic heterocycles. The van der Waals surface area contributed by atoms with Crippen LogP contribution in [0.1, 0.15) is 0 Å². The number of anilines is 1. The predicted octanol–water partition coefficient (Wildman–Crippen LogP) is 2.84. The number of piperazine rings is 1. The van der Waals surface area contributed by atoms with Crippen LogP contribution in [-0.2, 0) is 9.59 Å². The molecule has 1 saturated heterocycles. The van der Waals surface area contributed by atoms with Crippen LogP contribution in [0, 0.1) is 0 Å². The number of halogens is 2. The molecule has 148 valence electrons. The highest BCUT2D eigenvalue weighted by molar-refractivity contribution is 6.30. The number of carbonyl (C=O) groups is 2. The Morgan fingerprint density at radius 3 is 2.07 bits per heavy atom. The number of hydrogen-bond acceptors (Lipinski definition) is 4. The molecule has 1 fully saturated rings. The average Bonchev–Trinajstić information content (AvgIpc) is 2.72. The zero-order valence-corrected chi connectivity index (χ0v) is 16.7. The molecular weight excluding hydrogens is 401 g/mol. The maximum atomic E-state index is 12.3. The minimum atomic E-state index is -0.344. The summed E-state index contributed by atoms with van der Waals surface area (Å²) < 4.78 is 5.36. The van der Waals surface area contributed by atoms with Crippen LogP contribution in [0.4, 0.5) is 5.69 Å². The molecule has 0 aliphatic carbocycles. The van der Waals surface area contributed by atoms with Gasteiger partial charge in [0.25, 0.3) is 5.91 Å². The normalized spacial score (nSPS) is 13.9. The molecule has 1 heterocycles. The SMILES string of the molecule is O=C(COc1ccc(Cl)cc1)NCC(=O)N1CCN(c2ccc(Cl)cc2)CC1. The second kappa shape index (κ2) is 9.66. The molecule has 28 heavy (non-hydrogen) atoms. The topological polar surface area (TPSA) is 61.9 Å². The molecule has 0 atom stereocenters. The lowest BCUT2D eigenvalue weighted by molar-refractivity contribution is -0.133. The maximum Gasteiger partial charge on any atom is 0.258 e. The number of hydrogen-bond donors (Lipinski definition) is 1. The van der Waals surface area contributed by atoms with Gasteiger partial charge >= 0.3 is 0 Å². The molecule has 0 radical (unpaired) electrons. The summed E-state index contributed by atoms with van der Waals surface area (Å²) in [6.45, 7) is 2.50. The molecule has 0 spiro atoms. The van der Waals surface area contributed by atoms with E-state index >= 15 is 0 Å². The van der Waals surface area contributed by atoms with E-state index in [1.165, 1.54) is 0 Å². The van der Waals surface area contributed by atoms with Crippen LogP contribution < -0.4 is 15.0 Å². The van der Waals surface area contributed by atoms with Gasteiger partial charge < -0.3 is 19.9 Å². The van der Waals surface area contributed by atoms with Crippen LogP contribution in [0.25, 0.3) is 0 Å². The Kier molecular flexibility index (Phi) is 7.01. The molecule has 0 saturated carbocycles. The summed E-state index contributed by atoms with van der Waals surface area (Å²) in [5.74, 6) is 0.0999. The summed E-state index contributed by atoms with van der Waals surface area (Å²) >= 11 is 11.7. The smallest absolute Gasteiger partial charge is 0.258 e. The van der Waals surface area contributed by atoms with Gasteiger partial charge in [0, 0.05) is 41.9 Å². The highest BCUT2D eigenvalue weighted by Gasteiger charge is 2.21. The third-order valence-electron chi connectivity index (χ3n) is 4.44. The van der Waals surface area contributed by atoms with E-state index in [4.69, 9.17) is 27.9 Å². The summed E-state index contributed by atoms with van der Waals surface area (Å²) in [5.41, 5.74) is 1.09. The number of ether oxygens (including phenoxy) is 1. The van der Waals surface area contributed by atoms with Crippen LogP contribution in [0.3, 0.4) is 0 Å². The Balaban J connectivity index is 1.37. The summed E-state index contributed by atoms with van der Waals surface area (Å²) in [6, 6.07) is 14.4. The van der Waals surface area contributed by atoms with E-state index in [0.29, 0.717) is 28.9 Å². The lowest BCUT2D eigenvalue weighted by Gasteiger charge is -2.36. The van der Waals surface area contributed by atoms with Crippen LogP contribution in [0.5, 0.6) is 5.75 Å². The molecular formula is C20H21Cl2N3O3. The highest BCUT2D eigenvalue weighted by Crippen LogP contribution is 2.19. The van der Waals surface area contributed by atoms with Crippen LogP contribution >= 0.6 is 23.2 Å². The molecule has 8 heteroatoms. The molecule has 6 nitrogen and oxygen atoms in total. The van der Waals surface area contributed by atoms with E-state index in [1.807, 2.05) is 24.3 Å². The third-order valence-corrected chi connectivity index (χ3v) is 4.95.